The van der Waals surface area contributed by atoms with Crippen LogP contribution in [0.5, 0.6) is 5.75 Å². The number of pyridine rings is 1. The van der Waals surface area contributed by atoms with Crippen LogP contribution in [0.2, 0.25) is 0 Å². The molecule has 126 valence electrons. The maximum Gasteiger partial charge on any atom is 0.241 e. The normalized spacial score (nSPS) is 18.1. The van der Waals surface area contributed by atoms with Crippen molar-refractivity contribution in [1.29, 1.82) is 0 Å². The molecule has 0 saturated carbocycles. The third kappa shape index (κ3) is 4.49. The summed E-state index contributed by atoms with van der Waals surface area (Å²) in [5.74, 6) is 2.69. The third-order valence-electron chi connectivity index (χ3n) is 3.90. The predicted octanol–water partition coefficient (Wildman–Crippen LogP) is 2.99. The van der Waals surface area contributed by atoms with Crippen molar-refractivity contribution in [3.8, 4) is 5.75 Å². The molecule has 2 heterocycles. The molecule has 1 unspecified atom stereocenters. The first-order chi connectivity index (χ1) is 11.7. The van der Waals surface area contributed by atoms with Gasteiger partial charge in [-0.1, -0.05) is 12.1 Å². The zero-order valence-corrected chi connectivity index (χ0v) is 14.5. The number of thioether (sulfide) groups is 1. The first kappa shape index (κ1) is 16.8. The quantitative estimate of drug-likeness (QED) is 0.904. The van der Waals surface area contributed by atoms with E-state index >= 15 is 0 Å². The molecule has 0 spiro atoms. The Bertz CT molecular complexity index is 681. The van der Waals surface area contributed by atoms with Gasteiger partial charge in [-0.25, -0.2) is 0 Å². The summed E-state index contributed by atoms with van der Waals surface area (Å²) in [6.45, 7) is 0.452. The van der Waals surface area contributed by atoms with E-state index in [4.69, 9.17) is 4.74 Å². The molecule has 1 aliphatic heterocycles. The molecule has 1 N–H and O–H groups in total. The Morgan fingerprint density at radius 3 is 3.12 bits per heavy atom. The van der Waals surface area contributed by atoms with Gasteiger partial charge in [-0.15, -0.1) is 11.8 Å². The lowest BCUT2D eigenvalue weighted by molar-refractivity contribution is -0.120. The van der Waals surface area contributed by atoms with Crippen molar-refractivity contribution < 1.29 is 9.53 Å². The number of nitrogens with one attached hydrogen (secondary N) is 1. The zero-order valence-electron chi connectivity index (χ0n) is 13.6. The smallest absolute Gasteiger partial charge is 0.241 e. The molecule has 6 heteroatoms. The highest BCUT2D eigenvalue weighted by atomic mass is 32.2. The number of anilines is 1. The van der Waals surface area contributed by atoms with Crippen molar-refractivity contribution in [1.82, 2.24) is 9.88 Å². The van der Waals surface area contributed by atoms with Crippen molar-refractivity contribution in [3.63, 3.8) is 0 Å². The molecule has 0 bridgehead atoms. The van der Waals surface area contributed by atoms with Crippen LogP contribution in [0, 0.1) is 0 Å². The van der Waals surface area contributed by atoms with Gasteiger partial charge in [0.05, 0.1) is 6.04 Å². The van der Waals surface area contributed by atoms with E-state index in [-0.39, 0.29) is 11.9 Å². The second-order valence-electron chi connectivity index (χ2n) is 5.77. The van der Waals surface area contributed by atoms with Gasteiger partial charge in [0.2, 0.25) is 5.91 Å². The Hall–Kier alpha value is -2.05. The van der Waals surface area contributed by atoms with Crippen LogP contribution in [-0.4, -0.2) is 40.5 Å². The highest BCUT2D eigenvalue weighted by Gasteiger charge is 2.26. The maximum absolute atomic E-state index is 12.5. The Morgan fingerprint density at radius 1 is 1.42 bits per heavy atom. The lowest BCUT2D eigenvalue weighted by atomic mass is 10.2. The van der Waals surface area contributed by atoms with E-state index < -0.39 is 0 Å². The summed E-state index contributed by atoms with van der Waals surface area (Å²) in [7, 11) is 1.99. The first-order valence-corrected chi connectivity index (χ1v) is 9.08. The summed E-state index contributed by atoms with van der Waals surface area (Å²) in [5.41, 5.74) is 1.77. The van der Waals surface area contributed by atoms with Crippen LogP contribution < -0.4 is 10.1 Å². The van der Waals surface area contributed by atoms with Crippen LogP contribution in [0.1, 0.15) is 12.0 Å². The van der Waals surface area contributed by atoms with Crippen LogP contribution in [0.4, 0.5) is 5.69 Å². The van der Waals surface area contributed by atoms with Crippen molar-refractivity contribution in [3.05, 3.63) is 54.4 Å². The van der Waals surface area contributed by atoms with E-state index in [0.717, 1.165) is 35.1 Å². The van der Waals surface area contributed by atoms with Crippen LogP contribution >= 0.6 is 11.8 Å². The SMILES string of the molecule is CN1CSCCC1C(=O)Nc1cccc(OCc2cccnc2)c1. The van der Waals surface area contributed by atoms with Crippen molar-refractivity contribution >= 4 is 23.4 Å². The van der Waals surface area contributed by atoms with Gasteiger partial charge in [-0.05, 0) is 37.4 Å². The predicted molar refractivity (Wildman–Crippen MR) is 97.1 cm³/mol. The van der Waals surface area contributed by atoms with Crippen molar-refractivity contribution in [2.75, 3.05) is 24.0 Å². The Balaban J connectivity index is 1.59. The number of ether oxygens (including phenoxy) is 1. The van der Waals surface area contributed by atoms with Crippen LogP contribution in [0.25, 0.3) is 0 Å². The summed E-state index contributed by atoms with van der Waals surface area (Å²) >= 11 is 1.86. The van der Waals surface area contributed by atoms with Gasteiger partial charge in [-0.2, -0.15) is 0 Å². The number of nitrogens with zero attached hydrogens (tertiary/aromatic N) is 2. The van der Waals surface area contributed by atoms with E-state index in [1.807, 2.05) is 55.2 Å². The first-order valence-electron chi connectivity index (χ1n) is 7.93. The number of carbonyl (C=O) groups excluding carboxylic acids is 1. The minimum atomic E-state index is -0.0637. The van der Waals surface area contributed by atoms with E-state index in [2.05, 4.69) is 15.2 Å². The number of hydrogen-bond donors (Lipinski definition) is 1. The number of aromatic nitrogens is 1. The second-order valence-corrected chi connectivity index (χ2v) is 6.84. The summed E-state index contributed by atoms with van der Waals surface area (Å²) in [4.78, 5) is 18.6. The van der Waals surface area contributed by atoms with Gasteiger partial charge in [0.1, 0.15) is 12.4 Å². The fourth-order valence-electron chi connectivity index (χ4n) is 2.58. The molecule has 1 aromatic carbocycles. The zero-order chi connectivity index (χ0) is 16.8. The molecule has 3 rings (SSSR count). The number of hydrogen-bond acceptors (Lipinski definition) is 5. The number of carbonyl (C=O) groups is 1. The molecule has 0 aliphatic carbocycles. The third-order valence-corrected chi connectivity index (χ3v) is 5.01. The average molecular weight is 343 g/mol. The molecule has 1 saturated heterocycles. The molecule has 24 heavy (non-hydrogen) atoms. The maximum atomic E-state index is 12.5. The largest absolute Gasteiger partial charge is 0.489 e. The number of amides is 1. The van der Waals surface area contributed by atoms with Gasteiger partial charge in [-0.3, -0.25) is 14.7 Å². The van der Waals surface area contributed by atoms with E-state index in [1.54, 1.807) is 12.4 Å². The van der Waals surface area contributed by atoms with Crippen LogP contribution in [0.3, 0.4) is 0 Å². The summed E-state index contributed by atoms with van der Waals surface area (Å²) < 4.78 is 5.78. The molecule has 0 radical (unpaired) electrons. The molecule has 1 fully saturated rings. The van der Waals surface area contributed by atoms with Crippen LogP contribution in [0.15, 0.2) is 48.8 Å². The van der Waals surface area contributed by atoms with E-state index in [1.165, 1.54) is 0 Å². The fourth-order valence-corrected chi connectivity index (χ4v) is 3.57. The molecule has 5 nitrogen and oxygen atoms in total. The fraction of sp³-hybridized carbons (Fsp3) is 0.333. The second kappa shape index (κ2) is 8.17. The van der Waals surface area contributed by atoms with Crippen LogP contribution in [-0.2, 0) is 11.4 Å². The molecule has 2 aromatic rings. The Morgan fingerprint density at radius 2 is 2.33 bits per heavy atom. The number of rotatable bonds is 5. The molecule has 1 aromatic heterocycles. The van der Waals surface area contributed by atoms with E-state index in [0.29, 0.717) is 6.61 Å². The topological polar surface area (TPSA) is 54.5 Å². The van der Waals surface area contributed by atoms with Gasteiger partial charge in [0.25, 0.3) is 0 Å². The summed E-state index contributed by atoms with van der Waals surface area (Å²) in [6, 6.07) is 11.3. The summed E-state index contributed by atoms with van der Waals surface area (Å²) in [6.07, 6.45) is 4.40. The number of likely N-dealkylation sites (N-methyl/N-ethyl adjacent to an activating group) is 1. The molecule has 1 atom stereocenters. The van der Waals surface area contributed by atoms with Gasteiger partial charge < -0.3 is 10.1 Å². The van der Waals surface area contributed by atoms with Gasteiger partial charge in [0.15, 0.2) is 0 Å². The minimum Gasteiger partial charge on any atom is -0.489 e. The Labute approximate surface area is 146 Å². The molecular formula is C18H21N3O2S. The molecule has 1 amide bonds. The molecular weight excluding hydrogens is 322 g/mol. The van der Waals surface area contributed by atoms with E-state index in [9.17, 15) is 4.79 Å². The number of benzene rings is 1. The van der Waals surface area contributed by atoms with Crippen molar-refractivity contribution in [2.24, 2.45) is 0 Å². The Kier molecular flexibility index (Phi) is 5.72. The van der Waals surface area contributed by atoms with Gasteiger partial charge >= 0.3 is 0 Å². The highest BCUT2D eigenvalue weighted by molar-refractivity contribution is 7.99. The summed E-state index contributed by atoms with van der Waals surface area (Å²) in [5, 5.41) is 3.00. The highest BCUT2D eigenvalue weighted by Crippen LogP contribution is 2.22. The standard InChI is InChI=1S/C18H21N3O2S/c1-21-13-24-9-7-17(21)18(22)20-15-5-2-6-16(10-15)23-12-14-4-3-8-19-11-14/h2-6,8,10-11,17H,7,9,12-13H2,1H3,(H,20,22). The monoisotopic (exact) mass is 343 g/mol. The minimum absolute atomic E-state index is 0.0437. The van der Waals surface area contributed by atoms with Gasteiger partial charge in [0, 0.05) is 35.6 Å². The molecule has 1 aliphatic rings. The average Bonchev–Trinajstić information content (AvgIpc) is 2.61. The van der Waals surface area contributed by atoms with Crippen molar-refractivity contribution in [2.45, 2.75) is 19.1 Å². The lowest BCUT2D eigenvalue weighted by Crippen LogP contribution is -2.44. The lowest BCUT2D eigenvalue weighted by Gasteiger charge is -2.30.